The van der Waals surface area contributed by atoms with Gasteiger partial charge in [0.15, 0.2) is 0 Å². The van der Waals surface area contributed by atoms with E-state index in [0.717, 1.165) is 11.4 Å². The van der Waals surface area contributed by atoms with Crippen molar-refractivity contribution in [1.82, 2.24) is 0 Å². The van der Waals surface area contributed by atoms with Crippen molar-refractivity contribution in [3.8, 4) is 0 Å². The second-order valence-electron chi connectivity index (χ2n) is 3.13. The summed E-state index contributed by atoms with van der Waals surface area (Å²) in [5.41, 5.74) is 1.89. The van der Waals surface area contributed by atoms with Gasteiger partial charge in [-0.25, -0.2) is 0 Å². The lowest BCUT2D eigenvalue weighted by Gasteiger charge is -2.13. The van der Waals surface area contributed by atoms with Crippen LogP contribution in [-0.4, -0.2) is 25.3 Å². The molecule has 0 aliphatic rings. The standard InChI is InChI=1S/C10H13BrN2O/c1-13(2)9-5-3-4-8(6-9)12-10(14)7-11/h3-6H,7H2,1-2H3,(H,12,14). The van der Waals surface area contributed by atoms with Crippen LogP contribution >= 0.6 is 15.9 Å². The van der Waals surface area contributed by atoms with E-state index in [-0.39, 0.29) is 5.91 Å². The zero-order valence-corrected chi connectivity index (χ0v) is 9.84. The first-order chi connectivity index (χ1) is 6.63. The summed E-state index contributed by atoms with van der Waals surface area (Å²) in [5.74, 6) is -0.0408. The lowest BCUT2D eigenvalue weighted by molar-refractivity contribution is -0.113. The Balaban J connectivity index is 2.78. The maximum absolute atomic E-state index is 11.1. The average molecular weight is 257 g/mol. The van der Waals surface area contributed by atoms with Crippen LogP contribution in [0.5, 0.6) is 0 Å². The van der Waals surface area contributed by atoms with Crippen LogP contribution in [0.2, 0.25) is 0 Å². The van der Waals surface area contributed by atoms with Crippen molar-refractivity contribution >= 4 is 33.2 Å². The van der Waals surface area contributed by atoms with Crippen molar-refractivity contribution in [2.24, 2.45) is 0 Å². The van der Waals surface area contributed by atoms with Crippen molar-refractivity contribution in [2.45, 2.75) is 0 Å². The van der Waals surface area contributed by atoms with Gasteiger partial charge in [-0.05, 0) is 18.2 Å². The van der Waals surface area contributed by atoms with Gasteiger partial charge in [-0.2, -0.15) is 0 Å². The minimum absolute atomic E-state index is 0.0408. The number of carbonyl (C=O) groups excluding carboxylic acids is 1. The van der Waals surface area contributed by atoms with E-state index in [0.29, 0.717) is 5.33 Å². The van der Waals surface area contributed by atoms with Gasteiger partial charge in [0.05, 0.1) is 5.33 Å². The Morgan fingerprint density at radius 2 is 2.21 bits per heavy atom. The monoisotopic (exact) mass is 256 g/mol. The first kappa shape index (κ1) is 11.0. The zero-order chi connectivity index (χ0) is 10.6. The number of benzene rings is 1. The fraction of sp³-hybridized carbons (Fsp3) is 0.300. The SMILES string of the molecule is CN(C)c1cccc(NC(=O)CBr)c1. The number of halogens is 1. The van der Waals surface area contributed by atoms with Gasteiger partial charge in [0.2, 0.25) is 5.91 Å². The molecule has 0 aromatic heterocycles. The number of hydrogen-bond donors (Lipinski definition) is 1. The van der Waals surface area contributed by atoms with Crippen molar-refractivity contribution in [1.29, 1.82) is 0 Å². The van der Waals surface area contributed by atoms with E-state index in [4.69, 9.17) is 0 Å². The number of hydrogen-bond acceptors (Lipinski definition) is 2. The van der Waals surface area contributed by atoms with Gasteiger partial charge < -0.3 is 10.2 Å². The van der Waals surface area contributed by atoms with E-state index in [1.807, 2.05) is 43.3 Å². The number of nitrogens with zero attached hydrogens (tertiary/aromatic N) is 1. The molecule has 0 heterocycles. The molecule has 0 unspecified atom stereocenters. The predicted molar refractivity (Wildman–Crippen MR) is 63.2 cm³/mol. The lowest BCUT2D eigenvalue weighted by Crippen LogP contribution is -2.13. The van der Waals surface area contributed by atoms with Gasteiger partial charge in [-0.3, -0.25) is 4.79 Å². The molecule has 0 atom stereocenters. The van der Waals surface area contributed by atoms with Crippen LogP contribution in [0.3, 0.4) is 0 Å². The van der Waals surface area contributed by atoms with E-state index in [9.17, 15) is 4.79 Å². The summed E-state index contributed by atoms with van der Waals surface area (Å²) < 4.78 is 0. The van der Waals surface area contributed by atoms with Crippen molar-refractivity contribution in [3.05, 3.63) is 24.3 Å². The minimum Gasteiger partial charge on any atom is -0.378 e. The Kier molecular flexibility index (Phi) is 3.95. The summed E-state index contributed by atoms with van der Waals surface area (Å²) in [6.45, 7) is 0. The molecule has 0 aliphatic carbocycles. The number of carbonyl (C=O) groups is 1. The van der Waals surface area contributed by atoms with Crippen LogP contribution in [0.1, 0.15) is 0 Å². The fourth-order valence-corrected chi connectivity index (χ4v) is 1.20. The van der Waals surface area contributed by atoms with Crippen LogP contribution < -0.4 is 10.2 Å². The fourth-order valence-electron chi connectivity index (χ4n) is 1.06. The molecule has 0 bridgehead atoms. The normalized spacial score (nSPS) is 9.64. The lowest BCUT2D eigenvalue weighted by atomic mass is 10.2. The smallest absolute Gasteiger partial charge is 0.235 e. The van der Waals surface area contributed by atoms with Crippen molar-refractivity contribution in [2.75, 3.05) is 29.6 Å². The van der Waals surface area contributed by atoms with Crippen LogP contribution in [0.4, 0.5) is 11.4 Å². The molecular formula is C10H13BrN2O. The highest BCUT2D eigenvalue weighted by Crippen LogP contribution is 2.17. The molecule has 0 saturated carbocycles. The van der Waals surface area contributed by atoms with E-state index in [2.05, 4.69) is 21.2 Å². The minimum atomic E-state index is -0.0408. The highest BCUT2D eigenvalue weighted by Gasteiger charge is 2.01. The summed E-state index contributed by atoms with van der Waals surface area (Å²) in [7, 11) is 3.93. The van der Waals surface area contributed by atoms with E-state index < -0.39 is 0 Å². The number of nitrogens with one attached hydrogen (secondary N) is 1. The summed E-state index contributed by atoms with van der Waals surface area (Å²) in [6, 6.07) is 7.71. The highest BCUT2D eigenvalue weighted by atomic mass is 79.9. The largest absolute Gasteiger partial charge is 0.378 e. The molecule has 3 nitrogen and oxygen atoms in total. The zero-order valence-electron chi connectivity index (χ0n) is 8.25. The summed E-state index contributed by atoms with van der Waals surface area (Å²) >= 11 is 3.10. The highest BCUT2D eigenvalue weighted by molar-refractivity contribution is 9.09. The molecule has 0 radical (unpaired) electrons. The molecule has 0 aliphatic heterocycles. The topological polar surface area (TPSA) is 32.3 Å². The summed E-state index contributed by atoms with van der Waals surface area (Å²) in [6.07, 6.45) is 0. The van der Waals surface area contributed by atoms with Gasteiger partial charge in [0.25, 0.3) is 0 Å². The first-order valence-electron chi connectivity index (χ1n) is 4.26. The van der Waals surface area contributed by atoms with Gasteiger partial charge in [-0.15, -0.1) is 0 Å². The molecule has 0 fully saturated rings. The maximum atomic E-state index is 11.1. The van der Waals surface area contributed by atoms with Gasteiger partial charge in [0, 0.05) is 25.5 Å². The van der Waals surface area contributed by atoms with Gasteiger partial charge in [0.1, 0.15) is 0 Å². The predicted octanol–water partition coefficient (Wildman–Crippen LogP) is 2.09. The molecule has 1 N–H and O–H groups in total. The third-order valence-electron chi connectivity index (χ3n) is 1.77. The molecule has 14 heavy (non-hydrogen) atoms. The number of anilines is 2. The van der Waals surface area contributed by atoms with Crippen LogP contribution in [0, 0.1) is 0 Å². The van der Waals surface area contributed by atoms with E-state index >= 15 is 0 Å². The average Bonchev–Trinajstić information content (AvgIpc) is 2.18. The molecule has 1 amide bonds. The molecular weight excluding hydrogens is 244 g/mol. The summed E-state index contributed by atoms with van der Waals surface area (Å²) in [4.78, 5) is 13.1. The third kappa shape index (κ3) is 3.03. The Labute approximate surface area is 92.2 Å². The third-order valence-corrected chi connectivity index (χ3v) is 2.28. The van der Waals surface area contributed by atoms with Crippen molar-refractivity contribution < 1.29 is 4.79 Å². The van der Waals surface area contributed by atoms with Crippen molar-refractivity contribution in [3.63, 3.8) is 0 Å². The van der Waals surface area contributed by atoms with Gasteiger partial charge in [-0.1, -0.05) is 22.0 Å². The Hall–Kier alpha value is -1.03. The molecule has 1 rings (SSSR count). The first-order valence-corrected chi connectivity index (χ1v) is 5.39. The van der Waals surface area contributed by atoms with Gasteiger partial charge >= 0.3 is 0 Å². The number of amides is 1. The van der Waals surface area contributed by atoms with Crippen LogP contribution in [0.15, 0.2) is 24.3 Å². The molecule has 0 saturated heterocycles. The molecule has 1 aromatic carbocycles. The Morgan fingerprint density at radius 3 is 2.79 bits per heavy atom. The van der Waals surface area contributed by atoms with E-state index in [1.54, 1.807) is 0 Å². The molecule has 76 valence electrons. The summed E-state index contributed by atoms with van der Waals surface area (Å²) in [5, 5.41) is 3.09. The second kappa shape index (κ2) is 5.00. The Morgan fingerprint density at radius 1 is 1.50 bits per heavy atom. The Bertz CT molecular complexity index is 326. The number of alkyl halides is 1. The maximum Gasteiger partial charge on any atom is 0.235 e. The molecule has 4 heteroatoms. The molecule has 0 spiro atoms. The van der Waals surface area contributed by atoms with Crippen LogP contribution in [-0.2, 0) is 4.79 Å². The second-order valence-corrected chi connectivity index (χ2v) is 3.69. The number of rotatable bonds is 3. The quantitative estimate of drug-likeness (QED) is 0.841. The van der Waals surface area contributed by atoms with Crippen LogP contribution in [0.25, 0.3) is 0 Å². The van der Waals surface area contributed by atoms with E-state index in [1.165, 1.54) is 0 Å². The molecule has 1 aromatic rings.